The zero-order chi connectivity index (χ0) is 14.5. The van der Waals surface area contributed by atoms with Crippen LogP contribution in [0.2, 0.25) is 0 Å². The van der Waals surface area contributed by atoms with Gasteiger partial charge in [0.1, 0.15) is 11.5 Å². The van der Waals surface area contributed by atoms with Crippen LogP contribution in [0, 0.1) is 0 Å². The minimum absolute atomic E-state index is 0.356. The van der Waals surface area contributed by atoms with Gasteiger partial charge >= 0.3 is 0 Å². The quantitative estimate of drug-likeness (QED) is 0.839. The topological polar surface area (TPSA) is 68.5 Å². The van der Waals surface area contributed by atoms with Crippen LogP contribution < -0.4 is 14.8 Å². The van der Waals surface area contributed by atoms with Crippen LogP contribution in [0.15, 0.2) is 30.6 Å². The van der Waals surface area contributed by atoms with Gasteiger partial charge in [-0.15, -0.1) is 0 Å². The van der Waals surface area contributed by atoms with Crippen molar-refractivity contribution in [2.75, 3.05) is 26.1 Å². The molecular weight excluding hydrogens is 258 g/mol. The third kappa shape index (κ3) is 3.21. The standard InChI is InChI=1S/C14H19N3O3/c1-17-9-10(7-16-17)15-8-13(18)12-6-11(19-2)4-5-14(12)20-3/h4-7,9,13,15,18H,8H2,1-3H3. The molecule has 2 N–H and O–H groups in total. The molecule has 1 aromatic heterocycles. The molecule has 6 heteroatoms. The Morgan fingerprint density at radius 2 is 2.15 bits per heavy atom. The summed E-state index contributed by atoms with van der Waals surface area (Å²) in [6.45, 7) is 0.356. The van der Waals surface area contributed by atoms with Gasteiger partial charge in [-0.3, -0.25) is 4.68 Å². The van der Waals surface area contributed by atoms with Crippen molar-refractivity contribution in [3.63, 3.8) is 0 Å². The number of benzene rings is 1. The number of methoxy groups -OCH3 is 2. The highest BCUT2D eigenvalue weighted by Crippen LogP contribution is 2.29. The van der Waals surface area contributed by atoms with E-state index in [0.717, 1.165) is 5.69 Å². The van der Waals surface area contributed by atoms with Gasteiger partial charge in [-0.05, 0) is 18.2 Å². The highest BCUT2D eigenvalue weighted by atomic mass is 16.5. The third-order valence-electron chi connectivity index (χ3n) is 3.00. The largest absolute Gasteiger partial charge is 0.497 e. The third-order valence-corrected chi connectivity index (χ3v) is 3.00. The van der Waals surface area contributed by atoms with Crippen LogP contribution in [0.1, 0.15) is 11.7 Å². The van der Waals surface area contributed by atoms with E-state index in [0.29, 0.717) is 23.6 Å². The highest BCUT2D eigenvalue weighted by Gasteiger charge is 2.14. The van der Waals surface area contributed by atoms with E-state index in [1.165, 1.54) is 0 Å². The fourth-order valence-electron chi connectivity index (χ4n) is 1.94. The van der Waals surface area contributed by atoms with Gasteiger partial charge in [-0.25, -0.2) is 0 Å². The van der Waals surface area contributed by atoms with Crippen LogP contribution in [0.25, 0.3) is 0 Å². The maximum Gasteiger partial charge on any atom is 0.124 e. The Kier molecular flexibility index (Phi) is 4.47. The van der Waals surface area contributed by atoms with E-state index in [2.05, 4.69) is 10.4 Å². The maximum absolute atomic E-state index is 10.3. The molecule has 0 bridgehead atoms. The van der Waals surface area contributed by atoms with Gasteiger partial charge in [-0.1, -0.05) is 0 Å². The number of nitrogens with zero attached hydrogens (tertiary/aromatic N) is 2. The number of aliphatic hydroxyl groups is 1. The van der Waals surface area contributed by atoms with Gasteiger partial charge in [0.05, 0.1) is 32.2 Å². The number of ether oxygens (including phenoxy) is 2. The van der Waals surface area contributed by atoms with Crippen LogP contribution in [0.4, 0.5) is 5.69 Å². The summed E-state index contributed by atoms with van der Waals surface area (Å²) in [7, 11) is 5.01. The van der Waals surface area contributed by atoms with Crippen molar-refractivity contribution in [1.29, 1.82) is 0 Å². The first-order valence-electron chi connectivity index (χ1n) is 6.26. The van der Waals surface area contributed by atoms with Gasteiger partial charge in [0.25, 0.3) is 0 Å². The Labute approximate surface area is 117 Å². The van der Waals surface area contributed by atoms with Crippen molar-refractivity contribution >= 4 is 5.69 Å². The fraction of sp³-hybridized carbons (Fsp3) is 0.357. The number of hydrogen-bond acceptors (Lipinski definition) is 5. The molecular formula is C14H19N3O3. The lowest BCUT2D eigenvalue weighted by molar-refractivity contribution is 0.186. The Bertz CT molecular complexity index is 569. The molecule has 20 heavy (non-hydrogen) atoms. The normalized spacial score (nSPS) is 12.0. The summed E-state index contributed by atoms with van der Waals surface area (Å²) < 4.78 is 12.1. The minimum Gasteiger partial charge on any atom is -0.497 e. The Morgan fingerprint density at radius 3 is 2.75 bits per heavy atom. The Morgan fingerprint density at radius 1 is 1.35 bits per heavy atom. The molecule has 6 nitrogen and oxygen atoms in total. The van der Waals surface area contributed by atoms with Crippen molar-refractivity contribution in [2.45, 2.75) is 6.10 Å². The van der Waals surface area contributed by atoms with Crippen LogP contribution in [0.3, 0.4) is 0 Å². The van der Waals surface area contributed by atoms with E-state index < -0.39 is 6.10 Å². The molecule has 1 heterocycles. The summed E-state index contributed by atoms with van der Waals surface area (Å²) in [5.74, 6) is 1.31. The van der Waals surface area contributed by atoms with Crippen molar-refractivity contribution in [3.8, 4) is 11.5 Å². The van der Waals surface area contributed by atoms with Gasteiger partial charge in [-0.2, -0.15) is 5.10 Å². The molecule has 0 spiro atoms. The van der Waals surface area contributed by atoms with Gasteiger partial charge in [0, 0.05) is 25.4 Å². The summed E-state index contributed by atoms with van der Waals surface area (Å²) >= 11 is 0. The molecule has 2 aromatic rings. The molecule has 1 unspecified atom stereocenters. The molecule has 2 rings (SSSR count). The summed E-state index contributed by atoms with van der Waals surface area (Å²) in [6.07, 6.45) is 2.84. The first kappa shape index (κ1) is 14.2. The van der Waals surface area contributed by atoms with Gasteiger partial charge < -0.3 is 19.9 Å². The lowest BCUT2D eigenvalue weighted by Crippen LogP contribution is -2.13. The predicted octanol–water partition coefficient (Wildman–Crippen LogP) is 1.58. The molecule has 0 fully saturated rings. The van der Waals surface area contributed by atoms with Crippen molar-refractivity contribution in [1.82, 2.24) is 9.78 Å². The molecule has 0 aliphatic rings. The molecule has 0 aliphatic carbocycles. The van der Waals surface area contributed by atoms with Crippen LogP contribution >= 0.6 is 0 Å². The zero-order valence-electron chi connectivity index (χ0n) is 11.8. The van der Waals surface area contributed by atoms with E-state index >= 15 is 0 Å². The Balaban J connectivity index is 2.09. The molecule has 1 aromatic carbocycles. The number of anilines is 1. The molecule has 1 atom stereocenters. The molecule has 0 saturated carbocycles. The number of hydrogen-bond donors (Lipinski definition) is 2. The number of aliphatic hydroxyl groups excluding tert-OH is 1. The van der Waals surface area contributed by atoms with E-state index in [9.17, 15) is 5.11 Å². The molecule has 108 valence electrons. The summed E-state index contributed by atoms with van der Waals surface area (Å²) in [4.78, 5) is 0. The number of aromatic nitrogens is 2. The van der Waals surface area contributed by atoms with E-state index in [-0.39, 0.29) is 0 Å². The van der Waals surface area contributed by atoms with Crippen LogP contribution in [0.5, 0.6) is 11.5 Å². The van der Waals surface area contributed by atoms with Gasteiger partial charge in [0.15, 0.2) is 0 Å². The lowest BCUT2D eigenvalue weighted by Gasteiger charge is -2.16. The first-order chi connectivity index (χ1) is 9.63. The second-order valence-corrected chi connectivity index (χ2v) is 4.41. The van der Waals surface area contributed by atoms with Crippen LogP contribution in [-0.2, 0) is 7.05 Å². The SMILES string of the molecule is COc1ccc(OC)c(C(O)CNc2cnn(C)c2)c1. The average molecular weight is 277 g/mol. The second kappa shape index (κ2) is 6.29. The maximum atomic E-state index is 10.3. The second-order valence-electron chi connectivity index (χ2n) is 4.41. The Hall–Kier alpha value is -2.21. The molecule has 0 radical (unpaired) electrons. The fourth-order valence-corrected chi connectivity index (χ4v) is 1.94. The lowest BCUT2D eigenvalue weighted by atomic mass is 10.1. The number of aryl methyl sites for hydroxylation is 1. The van der Waals surface area contributed by atoms with E-state index in [1.54, 1.807) is 43.3 Å². The number of rotatable bonds is 6. The first-order valence-corrected chi connectivity index (χ1v) is 6.26. The summed E-state index contributed by atoms with van der Waals surface area (Å²) in [6, 6.07) is 5.35. The van der Waals surface area contributed by atoms with Crippen molar-refractivity contribution < 1.29 is 14.6 Å². The monoisotopic (exact) mass is 277 g/mol. The predicted molar refractivity (Wildman–Crippen MR) is 76.2 cm³/mol. The van der Waals surface area contributed by atoms with E-state index in [4.69, 9.17) is 9.47 Å². The van der Waals surface area contributed by atoms with Crippen LogP contribution in [-0.4, -0.2) is 35.7 Å². The molecule has 0 aliphatic heterocycles. The average Bonchev–Trinajstić information content (AvgIpc) is 2.89. The van der Waals surface area contributed by atoms with Crippen molar-refractivity contribution in [3.05, 3.63) is 36.2 Å². The molecule has 0 amide bonds. The smallest absolute Gasteiger partial charge is 0.124 e. The molecule has 0 saturated heterocycles. The minimum atomic E-state index is -0.708. The summed E-state index contributed by atoms with van der Waals surface area (Å²) in [5.41, 5.74) is 1.54. The zero-order valence-corrected chi connectivity index (χ0v) is 11.8. The van der Waals surface area contributed by atoms with E-state index in [1.807, 2.05) is 13.2 Å². The van der Waals surface area contributed by atoms with Gasteiger partial charge in [0.2, 0.25) is 0 Å². The highest BCUT2D eigenvalue weighted by molar-refractivity contribution is 5.43. The number of nitrogens with one attached hydrogen (secondary N) is 1. The van der Waals surface area contributed by atoms with Crippen molar-refractivity contribution in [2.24, 2.45) is 7.05 Å². The summed E-state index contributed by atoms with van der Waals surface area (Å²) in [5, 5.41) is 17.5.